The minimum atomic E-state index is -2.49. The van der Waals surface area contributed by atoms with Crippen LogP contribution in [0.15, 0.2) is 17.8 Å². The van der Waals surface area contributed by atoms with Crippen LogP contribution >= 0.6 is 11.3 Å². The molecule has 0 aromatic carbocycles. The normalized spacial score (nSPS) is 19.2. The number of aromatic nitrogens is 2. The Bertz CT molecular complexity index is 535. The first kappa shape index (κ1) is 10.8. The van der Waals surface area contributed by atoms with E-state index in [-0.39, 0.29) is 18.8 Å². The second-order valence-electron chi connectivity index (χ2n) is 4.26. The van der Waals surface area contributed by atoms with Crippen molar-refractivity contribution in [2.75, 3.05) is 6.61 Å². The number of alkyl halides is 2. The van der Waals surface area contributed by atoms with Crippen LogP contribution in [0, 0.1) is 5.92 Å². The first-order valence-electron chi connectivity index (χ1n) is 5.33. The van der Waals surface area contributed by atoms with Crippen molar-refractivity contribution in [1.82, 2.24) is 9.97 Å². The fourth-order valence-electron chi connectivity index (χ4n) is 1.98. The molecule has 3 nitrogen and oxygen atoms in total. The van der Waals surface area contributed by atoms with Gasteiger partial charge in [-0.15, -0.1) is 11.3 Å². The van der Waals surface area contributed by atoms with E-state index in [9.17, 15) is 8.78 Å². The summed E-state index contributed by atoms with van der Waals surface area (Å²) in [5.74, 6) is -2.06. The van der Waals surface area contributed by atoms with Gasteiger partial charge in [-0.05, 0) is 11.4 Å². The van der Waals surface area contributed by atoms with Gasteiger partial charge < -0.3 is 4.74 Å². The van der Waals surface area contributed by atoms with E-state index in [0.717, 1.165) is 10.2 Å². The van der Waals surface area contributed by atoms with Gasteiger partial charge in [0.2, 0.25) is 11.8 Å². The van der Waals surface area contributed by atoms with Gasteiger partial charge in [-0.25, -0.2) is 18.7 Å². The van der Waals surface area contributed by atoms with E-state index in [1.54, 1.807) is 0 Å². The van der Waals surface area contributed by atoms with E-state index in [0.29, 0.717) is 12.5 Å². The second kappa shape index (κ2) is 3.87. The molecule has 2 aromatic heterocycles. The molecule has 0 spiro atoms. The highest BCUT2D eigenvalue weighted by Gasteiger charge is 2.45. The third-order valence-corrected chi connectivity index (χ3v) is 3.68. The van der Waals surface area contributed by atoms with Crippen LogP contribution in [0.25, 0.3) is 10.2 Å². The van der Waals surface area contributed by atoms with E-state index < -0.39 is 5.92 Å². The monoisotopic (exact) mass is 256 g/mol. The highest BCUT2D eigenvalue weighted by Crippen LogP contribution is 2.42. The van der Waals surface area contributed by atoms with Gasteiger partial charge in [-0.1, -0.05) is 0 Å². The molecule has 17 heavy (non-hydrogen) atoms. The lowest BCUT2D eigenvalue weighted by atomic mass is 9.82. The van der Waals surface area contributed by atoms with Crippen LogP contribution in [0.5, 0.6) is 5.88 Å². The summed E-state index contributed by atoms with van der Waals surface area (Å²) in [5, 5.41) is 2.76. The summed E-state index contributed by atoms with van der Waals surface area (Å²) in [6, 6.07) is 1.88. The van der Waals surface area contributed by atoms with Crippen molar-refractivity contribution < 1.29 is 13.5 Å². The summed E-state index contributed by atoms with van der Waals surface area (Å²) in [5.41, 5.74) is 0. The molecule has 90 valence electrons. The fraction of sp³-hybridized carbons (Fsp3) is 0.455. The molecule has 0 unspecified atom stereocenters. The van der Waals surface area contributed by atoms with E-state index in [4.69, 9.17) is 4.74 Å². The Kier molecular flexibility index (Phi) is 2.47. The van der Waals surface area contributed by atoms with E-state index in [1.165, 1.54) is 17.7 Å². The molecule has 1 aliphatic rings. The minimum absolute atomic E-state index is 0.0614. The van der Waals surface area contributed by atoms with Gasteiger partial charge in [0.1, 0.15) is 11.2 Å². The van der Waals surface area contributed by atoms with Crippen LogP contribution in [0.2, 0.25) is 0 Å². The van der Waals surface area contributed by atoms with Crippen molar-refractivity contribution in [1.29, 1.82) is 0 Å². The third kappa shape index (κ3) is 2.09. The Hall–Kier alpha value is -1.30. The summed E-state index contributed by atoms with van der Waals surface area (Å²) in [7, 11) is 0. The molecule has 0 amide bonds. The average molecular weight is 256 g/mol. The minimum Gasteiger partial charge on any atom is -0.477 e. The second-order valence-corrected chi connectivity index (χ2v) is 5.15. The lowest BCUT2D eigenvalue weighted by molar-refractivity contribution is -0.119. The molecule has 0 atom stereocenters. The molecule has 0 bridgehead atoms. The molecule has 0 N–H and O–H groups in total. The highest BCUT2D eigenvalue weighted by molar-refractivity contribution is 7.16. The van der Waals surface area contributed by atoms with Crippen molar-refractivity contribution in [2.24, 2.45) is 5.92 Å². The van der Waals surface area contributed by atoms with Crippen molar-refractivity contribution in [3.8, 4) is 5.88 Å². The van der Waals surface area contributed by atoms with Gasteiger partial charge >= 0.3 is 0 Å². The molecular weight excluding hydrogens is 246 g/mol. The highest BCUT2D eigenvalue weighted by atomic mass is 32.1. The number of hydrogen-bond donors (Lipinski definition) is 0. The maximum absolute atomic E-state index is 12.6. The summed E-state index contributed by atoms with van der Waals surface area (Å²) in [6.07, 6.45) is 1.28. The largest absolute Gasteiger partial charge is 0.477 e. The first-order chi connectivity index (χ1) is 8.14. The SMILES string of the molecule is FC1(F)CC(COc2ncnc3sccc23)C1. The topological polar surface area (TPSA) is 35.0 Å². The van der Waals surface area contributed by atoms with Gasteiger partial charge in [0.25, 0.3) is 0 Å². The molecule has 1 aliphatic carbocycles. The fourth-order valence-corrected chi connectivity index (χ4v) is 2.71. The molecule has 6 heteroatoms. The molecular formula is C11H10F2N2OS. The van der Waals surface area contributed by atoms with Crippen LogP contribution in [-0.2, 0) is 0 Å². The Morgan fingerprint density at radius 2 is 2.24 bits per heavy atom. The van der Waals surface area contributed by atoms with E-state index in [1.807, 2.05) is 11.4 Å². The zero-order valence-corrected chi connectivity index (χ0v) is 9.71. The van der Waals surface area contributed by atoms with Crippen LogP contribution in [-0.4, -0.2) is 22.5 Å². The molecule has 2 heterocycles. The predicted octanol–water partition coefficient (Wildman–Crippen LogP) is 3.12. The molecule has 2 aromatic rings. The Morgan fingerprint density at radius 3 is 3.00 bits per heavy atom. The summed E-state index contributed by atoms with van der Waals surface area (Å²) in [6.45, 7) is 0.303. The molecule has 1 saturated carbocycles. The maximum atomic E-state index is 12.6. The third-order valence-electron chi connectivity index (χ3n) is 2.86. The van der Waals surface area contributed by atoms with Crippen LogP contribution in [0.1, 0.15) is 12.8 Å². The lowest BCUT2D eigenvalue weighted by Gasteiger charge is -2.34. The zero-order chi connectivity index (χ0) is 11.9. The quantitative estimate of drug-likeness (QED) is 0.846. The lowest BCUT2D eigenvalue weighted by Crippen LogP contribution is -2.38. The standard InChI is InChI=1S/C11H10F2N2OS/c12-11(13)3-7(4-11)5-16-9-8-1-2-17-10(8)15-6-14-9/h1-2,6-7H,3-5H2. The van der Waals surface area contributed by atoms with Gasteiger partial charge in [0.15, 0.2) is 0 Å². The maximum Gasteiger partial charge on any atom is 0.248 e. The van der Waals surface area contributed by atoms with Crippen LogP contribution < -0.4 is 4.74 Å². The number of thiophene rings is 1. The summed E-state index contributed by atoms with van der Waals surface area (Å²) >= 11 is 1.50. The van der Waals surface area contributed by atoms with Crippen molar-refractivity contribution in [3.05, 3.63) is 17.8 Å². The van der Waals surface area contributed by atoms with Crippen molar-refractivity contribution >= 4 is 21.6 Å². The van der Waals surface area contributed by atoms with Gasteiger partial charge in [0.05, 0.1) is 12.0 Å². The smallest absolute Gasteiger partial charge is 0.248 e. The van der Waals surface area contributed by atoms with Gasteiger partial charge in [-0.3, -0.25) is 0 Å². The Morgan fingerprint density at radius 1 is 1.41 bits per heavy atom. The van der Waals surface area contributed by atoms with Crippen molar-refractivity contribution in [3.63, 3.8) is 0 Å². The van der Waals surface area contributed by atoms with Crippen LogP contribution in [0.4, 0.5) is 8.78 Å². The number of nitrogens with zero attached hydrogens (tertiary/aromatic N) is 2. The number of hydrogen-bond acceptors (Lipinski definition) is 4. The number of halogens is 2. The summed E-state index contributed by atoms with van der Waals surface area (Å²) in [4.78, 5) is 8.98. The number of ether oxygens (including phenoxy) is 1. The Balaban J connectivity index is 1.67. The zero-order valence-electron chi connectivity index (χ0n) is 8.90. The first-order valence-corrected chi connectivity index (χ1v) is 6.21. The number of fused-ring (bicyclic) bond motifs is 1. The van der Waals surface area contributed by atoms with Gasteiger partial charge in [0, 0.05) is 18.8 Å². The molecule has 0 aliphatic heterocycles. The predicted molar refractivity (Wildman–Crippen MR) is 60.6 cm³/mol. The average Bonchev–Trinajstić information content (AvgIpc) is 2.71. The van der Waals surface area contributed by atoms with Gasteiger partial charge in [-0.2, -0.15) is 0 Å². The van der Waals surface area contributed by atoms with E-state index in [2.05, 4.69) is 9.97 Å². The Labute approximate surface area is 100 Å². The number of rotatable bonds is 3. The molecule has 1 fully saturated rings. The summed E-state index contributed by atoms with van der Waals surface area (Å²) < 4.78 is 30.8. The molecule has 3 rings (SSSR count). The molecule has 0 saturated heterocycles. The van der Waals surface area contributed by atoms with E-state index >= 15 is 0 Å². The van der Waals surface area contributed by atoms with Crippen molar-refractivity contribution in [2.45, 2.75) is 18.8 Å². The molecule has 0 radical (unpaired) electrons. The van der Waals surface area contributed by atoms with Crippen LogP contribution in [0.3, 0.4) is 0 Å².